The van der Waals surface area contributed by atoms with Gasteiger partial charge in [0.15, 0.2) is 0 Å². The van der Waals surface area contributed by atoms with Crippen molar-refractivity contribution in [3.8, 4) is 0 Å². The Morgan fingerprint density at radius 3 is 2.84 bits per heavy atom. The lowest BCUT2D eigenvalue weighted by atomic mass is 10.2. The average Bonchev–Trinajstić information content (AvgIpc) is 3.14. The van der Waals surface area contributed by atoms with Crippen LogP contribution >= 0.6 is 11.6 Å². The Balaban J connectivity index is 1.64. The van der Waals surface area contributed by atoms with Crippen molar-refractivity contribution in [1.29, 1.82) is 0 Å². The maximum atomic E-state index is 12.7. The van der Waals surface area contributed by atoms with Gasteiger partial charge in [0.1, 0.15) is 0 Å². The van der Waals surface area contributed by atoms with E-state index in [2.05, 4.69) is 10.3 Å². The van der Waals surface area contributed by atoms with Gasteiger partial charge in [0.05, 0.1) is 18.3 Å². The van der Waals surface area contributed by atoms with Crippen molar-refractivity contribution in [2.24, 2.45) is 0 Å². The van der Waals surface area contributed by atoms with Crippen LogP contribution in [0.1, 0.15) is 24.1 Å². The second-order valence-corrected chi connectivity index (χ2v) is 6.49. The number of halogens is 1. The van der Waals surface area contributed by atoms with E-state index < -0.39 is 0 Å². The molecule has 0 spiro atoms. The number of nitrogens with one attached hydrogen (secondary N) is 1. The molecule has 1 aromatic heterocycles. The summed E-state index contributed by atoms with van der Waals surface area (Å²) < 4.78 is 5.69. The van der Waals surface area contributed by atoms with Gasteiger partial charge in [-0.3, -0.25) is 4.98 Å². The number of pyridine rings is 1. The molecule has 5 nitrogen and oxygen atoms in total. The molecule has 132 valence electrons. The van der Waals surface area contributed by atoms with E-state index >= 15 is 0 Å². The topological polar surface area (TPSA) is 54.5 Å². The summed E-state index contributed by atoms with van der Waals surface area (Å²) in [5.41, 5.74) is 1.75. The number of benzene rings is 1. The fourth-order valence-corrected chi connectivity index (χ4v) is 3.07. The van der Waals surface area contributed by atoms with Crippen molar-refractivity contribution in [3.63, 3.8) is 0 Å². The largest absolute Gasteiger partial charge is 0.376 e. The molecule has 6 heteroatoms. The second-order valence-electron chi connectivity index (χ2n) is 6.09. The minimum atomic E-state index is -0.138. The van der Waals surface area contributed by atoms with Gasteiger partial charge in [0.2, 0.25) is 0 Å². The van der Waals surface area contributed by atoms with Crippen LogP contribution in [0.2, 0.25) is 5.02 Å². The summed E-state index contributed by atoms with van der Waals surface area (Å²) in [6, 6.07) is 13.1. The minimum absolute atomic E-state index is 0.0924. The number of carbonyl (C=O) groups excluding carboxylic acids is 1. The Bertz CT molecular complexity index is 690. The number of aromatic nitrogens is 1. The lowest BCUT2D eigenvalue weighted by Gasteiger charge is -2.25. The van der Waals surface area contributed by atoms with E-state index in [1.54, 1.807) is 11.1 Å². The SMILES string of the molecule is O=C(NCc1ccccc1Cl)N(Cc1ccccn1)CC1CCCO1. The molecule has 1 N–H and O–H groups in total. The standard InChI is InChI=1S/C19H22ClN3O2/c20-18-9-2-1-6-15(18)12-22-19(24)23(14-17-8-5-11-25-17)13-16-7-3-4-10-21-16/h1-4,6-7,9-10,17H,5,8,11-14H2,(H,22,24). The van der Waals surface area contributed by atoms with Gasteiger partial charge in [0, 0.05) is 30.9 Å². The molecule has 0 bridgehead atoms. The first-order chi connectivity index (χ1) is 12.2. The van der Waals surface area contributed by atoms with Gasteiger partial charge in [-0.1, -0.05) is 35.9 Å². The fourth-order valence-electron chi connectivity index (χ4n) is 2.87. The third kappa shape index (κ3) is 5.18. The monoisotopic (exact) mass is 359 g/mol. The Morgan fingerprint density at radius 2 is 2.12 bits per heavy atom. The molecule has 0 aliphatic carbocycles. The maximum absolute atomic E-state index is 12.7. The summed E-state index contributed by atoms with van der Waals surface area (Å²) in [6.45, 7) is 2.17. The summed E-state index contributed by atoms with van der Waals surface area (Å²) >= 11 is 6.16. The third-order valence-electron chi connectivity index (χ3n) is 4.20. The minimum Gasteiger partial charge on any atom is -0.376 e. The van der Waals surface area contributed by atoms with E-state index in [1.165, 1.54) is 0 Å². The van der Waals surface area contributed by atoms with Gasteiger partial charge in [0.25, 0.3) is 0 Å². The number of amides is 2. The predicted octanol–water partition coefficient (Wildman–Crippen LogP) is 3.63. The average molecular weight is 360 g/mol. The molecular weight excluding hydrogens is 338 g/mol. The zero-order valence-corrected chi connectivity index (χ0v) is 14.8. The van der Waals surface area contributed by atoms with E-state index in [-0.39, 0.29) is 12.1 Å². The molecule has 0 radical (unpaired) electrons. The molecule has 1 saturated heterocycles. The molecule has 0 saturated carbocycles. The Kier molecular flexibility index (Phi) is 6.25. The van der Waals surface area contributed by atoms with Crippen molar-refractivity contribution in [3.05, 3.63) is 64.9 Å². The highest BCUT2D eigenvalue weighted by Gasteiger charge is 2.23. The molecule has 1 aliphatic rings. The molecular formula is C19H22ClN3O2. The van der Waals surface area contributed by atoms with E-state index in [0.29, 0.717) is 24.7 Å². The van der Waals surface area contributed by atoms with Crippen LogP contribution in [0.5, 0.6) is 0 Å². The zero-order chi connectivity index (χ0) is 17.5. The molecule has 3 rings (SSSR count). The summed E-state index contributed by atoms with van der Waals surface area (Å²) in [6.07, 6.45) is 3.86. The number of hydrogen-bond acceptors (Lipinski definition) is 3. The summed E-state index contributed by atoms with van der Waals surface area (Å²) in [5, 5.41) is 3.60. The lowest BCUT2D eigenvalue weighted by molar-refractivity contribution is 0.0791. The molecule has 1 aliphatic heterocycles. The molecule has 2 heterocycles. The van der Waals surface area contributed by atoms with Gasteiger partial charge in [-0.25, -0.2) is 4.79 Å². The van der Waals surface area contributed by atoms with Gasteiger partial charge >= 0.3 is 6.03 Å². The van der Waals surface area contributed by atoms with Crippen LogP contribution in [-0.2, 0) is 17.8 Å². The first kappa shape index (κ1) is 17.7. The van der Waals surface area contributed by atoms with Crippen molar-refractivity contribution < 1.29 is 9.53 Å². The number of carbonyl (C=O) groups is 1. The first-order valence-electron chi connectivity index (χ1n) is 8.50. The van der Waals surface area contributed by atoms with Crippen LogP contribution in [0.15, 0.2) is 48.7 Å². The smallest absolute Gasteiger partial charge is 0.318 e. The van der Waals surface area contributed by atoms with Crippen LogP contribution in [0.25, 0.3) is 0 Å². The Morgan fingerprint density at radius 1 is 1.28 bits per heavy atom. The fraction of sp³-hybridized carbons (Fsp3) is 0.368. The number of hydrogen-bond donors (Lipinski definition) is 1. The predicted molar refractivity (Wildman–Crippen MR) is 97.3 cm³/mol. The molecule has 2 amide bonds. The normalized spacial score (nSPS) is 16.6. The molecule has 1 atom stereocenters. The second kappa shape index (κ2) is 8.83. The van der Waals surface area contributed by atoms with Crippen molar-refractivity contribution >= 4 is 17.6 Å². The molecule has 1 unspecified atom stereocenters. The number of ether oxygens (including phenoxy) is 1. The van der Waals surface area contributed by atoms with Crippen LogP contribution in [0, 0.1) is 0 Å². The summed E-state index contributed by atoms with van der Waals surface area (Å²) in [4.78, 5) is 18.8. The summed E-state index contributed by atoms with van der Waals surface area (Å²) in [7, 11) is 0. The van der Waals surface area contributed by atoms with Gasteiger partial charge in [-0.15, -0.1) is 0 Å². The molecule has 2 aromatic rings. The number of rotatable bonds is 6. The molecule has 25 heavy (non-hydrogen) atoms. The lowest BCUT2D eigenvalue weighted by Crippen LogP contribution is -2.43. The molecule has 1 fully saturated rings. The quantitative estimate of drug-likeness (QED) is 0.856. The van der Waals surface area contributed by atoms with Crippen LogP contribution < -0.4 is 5.32 Å². The Labute approximate surface area is 153 Å². The summed E-state index contributed by atoms with van der Waals surface area (Å²) in [5.74, 6) is 0. The highest BCUT2D eigenvalue weighted by atomic mass is 35.5. The third-order valence-corrected chi connectivity index (χ3v) is 4.57. The van der Waals surface area contributed by atoms with Crippen LogP contribution in [0.3, 0.4) is 0 Å². The van der Waals surface area contributed by atoms with Crippen LogP contribution in [-0.4, -0.2) is 35.2 Å². The van der Waals surface area contributed by atoms with Crippen molar-refractivity contribution in [1.82, 2.24) is 15.2 Å². The molecule has 1 aromatic carbocycles. The number of nitrogens with zero attached hydrogens (tertiary/aromatic N) is 2. The van der Waals surface area contributed by atoms with Gasteiger partial charge in [-0.2, -0.15) is 0 Å². The van der Waals surface area contributed by atoms with E-state index in [9.17, 15) is 4.79 Å². The van der Waals surface area contributed by atoms with Crippen LogP contribution in [0.4, 0.5) is 4.79 Å². The van der Waals surface area contributed by atoms with E-state index in [4.69, 9.17) is 16.3 Å². The van der Waals surface area contributed by atoms with Crippen molar-refractivity contribution in [2.45, 2.75) is 32.0 Å². The van der Waals surface area contributed by atoms with Gasteiger partial charge in [-0.05, 0) is 36.6 Å². The highest BCUT2D eigenvalue weighted by molar-refractivity contribution is 6.31. The maximum Gasteiger partial charge on any atom is 0.318 e. The van der Waals surface area contributed by atoms with Gasteiger partial charge < -0.3 is 15.0 Å². The van der Waals surface area contributed by atoms with E-state index in [0.717, 1.165) is 30.7 Å². The zero-order valence-electron chi connectivity index (χ0n) is 14.0. The Hall–Kier alpha value is -2.11. The number of urea groups is 1. The first-order valence-corrected chi connectivity index (χ1v) is 8.88. The van der Waals surface area contributed by atoms with Crippen molar-refractivity contribution in [2.75, 3.05) is 13.2 Å². The van der Waals surface area contributed by atoms with E-state index in [1.807, 2.05) is 42.5 Å². The highest BCUT2D eigenvalue weighted by Crippen LogP contribution is 2.16.